The summed E-state index contributed by atoms with van der Waals surface area (Å²) in [5.74, 6) is -4.80. The number of likely N-dealkylation sites (tertiary alicyclic amines) is 1. The van der Waals surface area contributed by atoms with E-state index in [0.29, 0.717) is 0 Å². The molecule has 3 atom stereocenters. The fourth-order valence-electron chi connectivity index (χ4n) is 3.63. The smallest absolute Gasteiger partial charge is 0.257 e. The highest BCUT2D eigenvalue weighted by Crippen LogP contribution is 2.40. The second-order valence-corrected chi connectivity index (χ2v) is 9.41. The van der Waals surface area contributed by atoms with Crippen molar-refractivity contribution in [3.63, 3.8) is 0 Å². The Hall–Kier alpha value is -2.53. The van der Waals surface area contributed by atoms with E-state index in [1.165, 1.54) is 35.2 Å². The van der Waals surface area contributed by atoms with Gasteiger partial charge in [-0.2, -0.15) is 0 Å². The highest BCUT2D eigenvalue weighted by Gasteiger charge is 2.46. The van der Waals surface area contributed by atoms with Crippen LogP contribution in [0.5, 0.6) is 0 Å². The van der Waals surface area contributed by atoms with Crippen LogP contribution in [0.3, 0.4) is 0 Å². The normalized spacial score (nSPS) is 19.4. The number of nitrogens with one attached hydrogen (secondary N) is 1. The highest BCUT2D eigenvalue weighted by molar-refractivity contribution is 7.84. The summed E-state index contributed by atoms with van der Waals surface area (Å²) in [5, 5.41) is 2.57. The molecule has 3 unspecified atom stereocenters. The monoisotopic (exact) mass is 500 g/mol. The van der Waals surface area contributed by atoms with Crippen LogP contribution >= 0.6 is 0 Å². The molecule has 0 radical (unpaired) electrons. The number of piperidine rings is 1. The number of alkyl halides is 2. The summed E-state index contributed by atoms with van der Waals surface area (Å²) in [7, 11) is -1.12. The van der Waals surface area contributed by atoms with Crippen LogP contribution in [0.15, 0.2) is 41.5 Å². The first kappa shape index (κ1) is 27.7. The molecule has 1 aliphatic rings. The van der Waals surface area contributed by atoms with Crippen LogP contribution < -0.4 is 10.9 Å². The number of carbonyl (C=O) groups is 1. The molecular formula is C23H31F3N4O3S. The molecule has 188 valence electrons. The van der Waals surface area contributed by atoms with E-state index < -0.39 is 46.8 Å². The molecule has 3 heterocycles. The van der Waals surface area contributed by atoms with Crippen LogP contribution in [0, 0.1) is 5.82 Å². The second-order valence-electron chi connectivity index (χ2n) is 7.86. The van der Waals surface area contributed by atoms with E-state index in [9.17, 15) is 27.0 Å². The highest BCUT2D eigenvalue weighted by atomic mass is 32.2. The average molecular weight is 501 g/mol. The summed E-state index contributed by atoms with van der Waals surface area (Å²) in [5.41, 5.74) is -0.0660. The standard InChI is InChI=1S/C21H25F3N4O3S.C2H6/c1-14(20(30)26-18-5-4-16(22)11-25-18)27-8-7-21(23,24)17(13-27)15-3-6-19(29)28(12-15)9-10-32(2)31;1-2/h3-6,11-12,14,17H,7-10,13H2,1-2H3,(H,25,26,30);1-2H3. The molecule has 1 N–H and O–H groups in total. The number of hydrogen-bond donors (Lipinski definition) is 1. The number of aryl methyl sites for hydroxylation is 1. The lowest BCUT2D eigenvalue weighted by molar-refractivity contribution is -0.125. The third-order valence-electron chi connectivity index (χ3n) is 5.59. The minimum atomic E-state index is -3.01. The summed E-state index contributed by atoms with van der Waals surface area (Å²) in [4.78, 5) is 30.1. The Morgan fingerprint density at radius 3 is 2.62 bits per heavy atom. The van der Waals surface area contributed by atoms with Gasteiger partial charge in [0.05, 0.1) is 18.2 Å². The van der Waals surface area contributed by atoms with Gasteiger partial charge in [-0.3, -0.25) is 18.7 Å². The SMILES string of the molecule is CC.CC(C(=O)Nc1ccc(F)cn1)N1CCC(F)(F)C(c2ccc(=O)n(CCS(C)=O)c2)C1. The molecule has 1 aliphatic heterocycles. The molecule has 0 spiro atoms. The first-order chi connectivity index (χ1) is 16.1. The van der Waals surface area contributed by atoms with Crippen LogP contribution in [-0.2, 0) is 22.1 Å². The zero-order valence-corrected chi connectivity index (χ0v) is 20.6. The Morgan fingerprint density at radius 2 is 2.00 bits per heavy atom. The fourth-order valence-corrected chi connectivity index (χ4v) is 4.08. The lowest BCUT2D eigenvalue weighted by Crippen LogP contribution is -2.52. The molecule has 34 heavy (non-hydrogen) atoms. The fraction of sp³-hybridized carbons (Fsp3) is 0.522. The summed E-state index contributed by atoms with van der Waals surface area (Å²) in [6, 6.07) is 4.37. The van der Waals surface area contributed by atoms with Gasteiger partial charge in [-0.15, -0.1) is 0 Å². The molecule has 2 aromatic rings. The van der Waals surface area contributed by atoms with Crippen LogP contribution in [0.25, 0.3) is 0 Å². The maximum atomic E-state index is 14.8. The van der Waals surface area contributed by atoms with Crippen LogP contribution in [0.4, 0.5) is 19.0 Å². The van der Waals surface area contributed by atoms with Gasteiger partial charge in [-0.25, -0.2) is 18.2 Å². The van der Waals surface area contributed by atoms with E-state index in [1.807, 2.05) is 13.8 Å². The number of pyridine rings is 2. The maximum Gasteiger partial charge on any atom is 0.257 e. The predicted molar refractivity (Wildman–Crippen MR) is 127 cm³/mol. The Kier molecular flexibility index (Phi) is 9.99. The number of amides is 1. The molecule has 2 aromatic heterocycles. The molecule has 11 heteroatoms. The Balaban J connectivity index is 0.00000199. The zero-order chi connectivity index (χ0) is 25.5. The van der Waals surface area contributed by atoms with Gasteiger partial charge in [0.2, 0.25) is 5.91 Å². The number of aromatic nitrogens is 2. The number of carbonyl (C=O) groups excluding carboxylic acids is 1. The lowest BCUT2D eigenvalue weighted by atomic mass is 9.87. The van der Waals surface area contributed by atoms with Crippen LogP contribution in [0.1, 0.15) is 38.7 Å². The minimum Gasteiger partial charge on any atom is -0.314 e. The lowest BCUT2D eigenvalue weighted by Gasteiger charge is -2.40. The van der Waals surface area contributed by atoms with Crippen molar-refractivity contribution in [3.05, 3.63) is 58.4 Å². The van der Waals surface area contributed by atoms with Gasteiger partial charge < -0.3 is 9.88 Å². The van der Waals surface area contributed by atoms with Crippen molar-refractivity contribution in [2.45, 2.75) is 51.6 Å². The Labute approximate surface area is 199 Å². The number of anilines is 1. The van der Waals surface area contributed by atoms with Gasteiger partial charge in [-0.05, 0) is 24.6 Å². The molecule has 1 amide bonds. The Morgan fingerprint density at radius 1 is 1.29 bits per heavy atom. The van der Waals surface area contributed by atoms with Crippen molar-refractivity contribution in [2.75, 3.05) is 30.4 Å². The first-order valence-electron chi connectivity index (χ1n) is 11.1. The van der Waals surface area contributed by atoms with Crippen molar-refractivity contribution in [1.82, 2.24) is 14.5 Å². The van der Waals surface area contributed by atoms with Crippen molar-refractivity contribution in [1.29, 1.82) is 0 Å². The van der Waals surface area contributed by atoms with Crippen LogP contribution in [0.2, 0.25) is 0 Å². The van der Waals surface area contributed by atoms with Gasteiger partial charge in [0.1, 0.15) is 11.6 Å². The number of nitrogens with zero attached hydrogens (tertiary/aromatic N) is 3. The van der Waals surface area contributed by atoms with E-state index in [-0.39, 0.29) is 42.3 Å². The quantitative estimate of drug-likeness (QED) is 0.631. The van der Waals surface area contributed by atoms with Crippen LogP contribution in [-0.4, -0.2) is 61.6 Å². The molecule has 0 aromatic carbocycles. The maximum absolute atomic E-state index is 14.8. The summed E-state index contributed by atoms with van der Waals surface area (Å²) < 4.78 is 55.3. The summed E-state index contributed by atoms with van der Waals surface area (Å²) >= 11 is 0. The van der Waals surface area contributed by atoms with Gasteiger partial charge in [-0.1, -0.05) is 19.9 Å². The summed E-state index contributed by atoms with van der Waals surface area (Å²) in [6.07, 6.45) is 3.43. The third-order valence-corrected chi connectivity index (χ3v) is 6.35. The van der Waals surface area contributed by atoms with Gasteiger partial charge in [0.15, 0.2) is 0 Å². The number of hydrogen-bond acceptors (Lipinski definition) is 5. The van der Waals surface area contributed by atoms with E-state index >= 15 is 0 Å². The third kappa shape index (κ3) is 7.23. The Bertz CT molecular complexity index is 1050. The molecule has 1 fully saturated rings. The topological polar surface area (TPSA) is 84.3 Å². The largest absolute Gasteiger partial charge is 0.314 e. The average Bonchev–Trinajstić information content (AvgIpc) is 2.81. The van der Waals surface area contributed by atoms with Gasteiger partial charge >= 0.3 is 0 Å². The van der Waals surface area contributed by atoms with E-state index in [4.69, 9.17) is 0 Å². The van der Waals surface area contributed by atoms with Crippen molar-refractivity contribution < 1.29 is 22.2 Å². The predicted octanol–water partition coefficient (Wildman–Crippen LogP) is 3.24. The second kappa shape index (κ2) is 12.3. The molecule has 1 saturated heterocycles. The minimum absolute atomic E-state index is 0.0173. The van der Waals surface area contributed by atoms with E-state index in [2.05, 4.69) is 10.3 Å². The van der Waals surface area contributed by atoms with Crippen molar-refractivity contribution >= 4 is 22.5 Å². The molecule has 7 nitrogen and oxygen atoms in total. The molecule has 0 aliphatic carbocycles. The molecular weight excluding hydrogens is 469 g/mol. The summed E-state index contributed by atoms with van der Waals surface area (Å²) in [6.45, 7) is 5.71. The molecule has 0 saturated carbocycles. The van der Waals surface area contributed by atoms with Gasteiger partial charge in [0.25, 0.3) is 11.5 Å². The number of rotatable bonds is 7. The molecule has 0 bridgehead atoms. The van der Waals surface area contributed by atoms with Crippen molar-refractivity contribution in [2.24, 2.45) is 0 Å². The van der Waals surface area contributed by atoms with E-state index in [1.54, 1.807) is 11.8 Å². The number of halogens is 3. The van der Waals surface area contributed by atoms with Gasteiger partial charge in [0, 0.05) is 61.1 Å². The molecule has 3 rings (SSSR count). The van der Waals surface area contributed by atoms with Crippen molar-refractivity contribution in [3.8, 4) is 0 Å². The zero-order valence-electron chi connectivity index (χ0n) is 19.8. The first-order valence-corrected chi connectivity index (χ1v) is 12.8. The van der Waals surface area contributed by atoms with E-state index in [0.717, 1.165) is 12.3 Å².